The first-order chi connectivity index (χ1) is 11.8. The van der Waals surface area contributed by atoms with Gasteiger partial charge in [-0.25, -0.2) is 9.97 Å². The fraction of sp³-hybridized carbons (Fsp3) is 0. The van der Waals surface area contributed by atoms with Gasteiger partial charge in [0.05, 0.1) is 22.6 Å². The monoisotopic (exact) mass is 332 g/mol. The van der Waals surface area contributed by atoms with E-state index < -0.39 is 0 Å². The van der Waals surface area contributed by atoms with Crippen molar-refractivity contribution in [3.8, 4) is 11.3 Å². The van der Waals surface area contributed by atoms with Gasteiger partial charge in [-0.2, -0.15) is 0 Å². The van der Waals surface area contributed by atoms with Gasteiger partial charge in [-0.1, -0.05) is 54.1 Å². The molecule has 0 saturated heterocycles. The van der Waals surface area contributed by atoms with Gasteiger partial charge in [0.2, 0.25) is 0 Å². The van der Waals surface area contributed by atoms with Crippen LogP contribution >= 0.6 is 11.6 Å². The van der Waals surface area contributed by atoms with E-state index in [4.69, 9.17) is 11.6 Å². The van der Waals surface area contributed by atoms with Gasteiger partial charge >= 0.3 is 0 Å². The largest absolute Gasteiger partial charge is 0.339 e. The lowest BCUT2D eigenvalue weighted by Gasteiger charge is -2.08. The highest BCUT2D eigenvalue weighted by atomic mass is 35.5. The van der Waals surface area contributed by atoms with Crippen molar-refractivity contribution in [2.24, 2.45) is 0 Å². The maximum Gasteiger partial charge on any atom is 0.180 e. The highest BCUT2D eigenvalue weighted by Gasteiger charge is 2.06. The summed E-state index contributed by atoms with van der Waals surface area (Å²) in [6, 6.07) is 21.2. The van der Waals surface area contributed by atoms with Crippen molar-refractivity contribution in [3.05, 3.63) is 77.9 Å². The van der Waals surface area contributed by atoms with Gasteiger partial charge in [-0.15, -0.1) is 0 Å². The summed E-state index contributed by atoms with van der Waals surface area (Å²) in [4.78, 5) is 13.6. The summed E-state index contributed by atoms with van der Waals surface area (Å²) in [5.41, 5.74) is 3.95. The van der Waals surface area contributed by atoms with Crippen LogP contribution in [0, 0.1) is 0 Å². The molecule has 0 fully saturated rings. The second-order valence-electron chi connectivity index (χ2n) is 5.27. The molecular formula is C19H13ClN4. The van der Waals surface area contributed by atoms with E-state index in [9.17, 15) is 0 Å². The molecule has 2 heterocycles. The summed E-state index contributed by atoms with van der Waals surface area (Å²) in [5.74, 6) is 0.676. The number of nitrogens with one attached hydrogen (secondary N) is 1. The number of halogens is 1. The van der Waals surface area contributed by atoms with Crippen LogP contribution in [0.1, 0.15) is 0 Å². The summed E-state index contributed by atoms with van der Waals surface area (Å²) in [6.07, 6.45) is 1.76. The molecule has 5 heteroatoms. The van der Waals surface area contributed by atoms with Gasteiger partial charge in [0.25, 0.3) is 0 Å². The van der Waals surface area contributed by atoms with Crippen molar-refractivity contribution in [1.29, 1.82) is 0 Å². The van der Waals surface area contributed by atoms with Crippen molar-refractivity contribution in [3.63, 3.8) is 0 Å². The first-order valence-electron chi connectivity index (χ1n) is 7.50. The van der Waals surface area contributed by atoms with E-state index >= 15 is 0 Å². The Kier molecular flexibility index (Phi) is 3.81. The summed E-state index contributed by atoms with van der Waals surface area (Å²) >= 11 is 6.18. The van der Waals surface area contributed by atoms with Crippen LogP contribution in [0.25, 0.3) is 22.4 Å². The summed E-state index contributed by atoms with van der Waals surface area (Å²) in [5, 5.41) is 3.85. The number of para-hydroxylation sites is 1. The normalized spacial score (nSPS) is 10.7. The molecule has 4 aromatic rings. The molecule has 116 valence electrons. The van der Waals surface area contributed by atoms with Crippen molar-refractivity contribution in [2.75, 3.05) is 5.32 Å². The number of rotatable bonds is 3. The Hall–Kier alpha value is -2.98. The Balaban J connectivity index is 1.73. The summed E-state index contributed by atoms with van der Waals surface area (Å²) in [7, 11) is 0. The Labute approximate surface area is 144 Å². The molecular weight excluding hydrogens is 320 g/mol. The smallest absolute Gasteiger partial charge is 0.180 e. The number of hydrogen-bond donors (Lipinski definition) is 1. The van der Waals surface area contributed by atoms with E-state index in [-0.39, 0.29) is 0 Å². The molecule has 24 heavy (non-hydrogen) atoms. The molecule has 0 aliphatic rings. The van der Waals surface area contributed by atoms with Crippen LogP contribution in [0.3, 0.4) is 0 Å². The first-order valence-corrected chi connectivity index (χ1v) is 7.88. The zero-order valence-electron chi connectivity index (χ0n) is 12.6. The minimum atomic E-state index is 0.591. The van der Waals surface area contributed by atoms with Crippen molar-refractivity contribution in [1.82, 2.24) is 15.0 Å². The lowest BCUT2D eigenvalue weighted by Crippen LogP contribution is -1.97. The quantitative estimate of drug-likeness (QED) is 0.567. The maximum absolute atomic E-state index is 6.18. The van der Waals surface area contributed by atoms with Crippen LogP contribution in [-0.2, 0) is 0 Å². The number of pyridine rings is 1. The molecule has 2 aromatic carbocycles. The van der Waals surface area contributed by atoms with Crippen LogP contribution in [0.15, 0.2) is 72.9 Å². The minimum Gasteiger partial charge on any atom is -0.339 e. The third-order valence-corrected chi connectivity index (χ3v) is 3.94. The number of nitrogens with zero attached hydrogens (tertiary/aromatic N) is 3. The van der Waals surface area contributed by atoms with Gasteiger partial charge in [-0.3, -0.25) is 4.98 Å². The molecule has 0 saturated carbocycles. The van der Waals surface area contributed by atoms with E-state index in [0.29, 0.717) is 16.5 Å². The lowest BCUT2D eigenvalue weighted by molar-refractivity contribution is 1.22. The van der Waals surface area contributed by atoms with Gasteiger partial charge in [-0.05, 0) is 24.3 Å². The minimum absolute atomic E-state index is 0.591. The molecule has 0 amide bonds. The molecule has 2 aromatic heterocycles. The predicted molar refractivity (Wildman–Crippen MR) is 97.5 cm³/mol. The molecule has 0 unspecified atom stereocenters. The van der Waals surface area contributed by atoms with E-state index in [1.54, 1.807) is 6.20 Å². The Morgan fingerprint density at radius 1 is 0.792 bits per heavy atom. The van der Waals surface area contributed by atoms with E-state index in [2.05, 4.69) is 20.3 Å². The van der Waals surface area contributed by atoms with Crippen LogP contribution in [0.2, 0.25) is 5.02 Å². The standard InChI is InChI=1S/C19H13ClN4/c20-14-8-4-5-9-15(14)22-18-11-10-16-19(24-18)23-17(12-21-16)13-6-2-1-3-7-13/h1-12H,(H,22,23,24). The topological polar surface area (TPSA) is 50.7 Å². The maximum atomic E-state index is 6.18. The van der Waals surface area contributed by atoms with Gasteiger partial charge in [0.1, 0.15) is 11.3 Å². The molecule has 1 N–H and O–H groups in total. The van der Waals surface area contributed by atoms with E-state index in [0.717, 1.165) is 22.5 Å². The molecule has 0 aliphatic carbocycles. The van der Waals surface area contributed by atoms with E-state index in [1.807, 2.05) is 66.7 Å². The van der Waals surface area contributed by atoms with Crippen LogP contribution in [-0.4, -0.2) is 15.0 Å². The highest BCUT2D eigenvalue weighted by Crippen LogP contribution is 2.25. The third kappa shape index (κ3) is 2.92. The molecule has 0 bridgehead atoms. The second-order valence-corrected chi connectivity index (χ2v) is 5.67. The average molecular weight is 333 g/mol. The number of hydrogen-bond acceptors (Lipinski definition) is 4. The van der Waals surface area contributed by atoms with Crippen LogP contribution < -0.4 is 5.32 Å². The lowest BCUT2D eigenvalue weighted by atomic mass is 10.2. The first kappa shape index (κ1) is 14.6. The summed E-state index contributed by atoms with van der Waals surface area (Å²) < 4.78 is 0. The molecule has 0 aliphatic heterocycles. The molecule has 0 radical (unpaired) electrons. The Bertz CT molecular complexity index is 1000. The molecule has 0 spiro atoms. The number of aromatic nitrogens is 3. The number of anilines is 2. The van der Waals surface area contributed by atoms with Crippen molar-refractivity contribution >= 4 is 34.3 Å². The van der Waals surface area contributed by atoms with Crippen LogP contribution in [0.4, 0.5) is 11.5 Å². The van der Waals surface area contributed by atoms with Crippen molar-refractivity contribution in [2.45, 2.75) is 0 Å². The fourth-order valence-corrected chi connectivity index (χ4v) is 2.60. The number of benzene rings is 2. The molecule has 0 atom stereocenters. The fourth-order valence-electron chi connectivity index (χ4n) is 2.42. The molecule has 4 nitrogen and oxygen atoms in total. The van der Waals surface area contributed by atoms with Crippen molar-refractivity contribution < 1.29 is 0 Å². The third-order valence-electron chi connectivity index (χ3n) is 3.61. The zero-order chi connectivity index (χ0) is 16.4. The Morgan fingerprint density at radius 2 is 1.58 bits per heavy atom. The predicted octanol–water partition coefficient (Wildman–Crippen LogP) is 5.09. The highest BCUT2D eigenvalue weighted by molar-refractivity contribution is 6.33. The van der Waals surface area contributed by atoms with Gasteiger partial charge < -0.3 is 5.32 Å². The molecule has 4 rings (SSSR count). The van der Waals surface area contributed by atoms with Crippen LogP contribution in [0.5, 0.6) is 0 Å². The summed E-state index contributed by atoms with van der Waals surface area (Å²) in [6.45, 7) is 0. The number of fused-ring (bicyclic) bond motifs is 1. The zero-order valence-corrected chi connectivity index (χ0v) is 13.4. The second kappa shape index (κ2) is 6.26. The van der Waals surface area contributed by atoms with Gasteiger partial charge in [0.15, 0.2) is 5.65 Å². The SMILES string of the molecule is Clc1ccccc1Nc1ccc2ncc(-c3ccccc3)nc2n1. The Morgan fingerprint density at radius 3 is 2.42 bits per heavy atom. The average Bonchev–Trinajstić information content (AvgIpc) is 2.64. The van der Waals surface area contributed by atoms with Gasteiger partial charge in [0, 0.05) is 5.56 Å². The van der Waals surface area contributed by atoms with E-state index in [1.165, 1.54) is 0 Å².